The number of carbonyl (C=O) groups is 1. The summed E-state index contributed by atoms with van der Waals surface area (Å²) in [5.41, 5.74) is 0.792. The van der Waals surface area contributed by atoms with Crippen LogP contribution in [0.4, 0.5) is 10.1 Å². The molecule has 0 fully saturated rings. The van der Waals surface area contributed by atoms with E-state index in [2.05, 4.69) is 5.32 Å². The Kier molecular flexibility index (Phi) is 4.53. The van der Waals surface area contributed by atoms with E-state index in [0.717, 1.165) is 4.57 Å². The van der Waals surface area contributed by atoms with E-state index in [0.29, 0.717) is 5.56 Å². The van der Waals surface area contributed by atoms with Crippen molar-refractivity contribution in [3.8, 4) is 0 Å². The Hall–Kier alpha value is -3.49. The summed E-state index contributed by atoms with van der Waals surface area (Å²) in [4.78, 5) is 34.5. The number of aromatic nitrogens is 1. The molecule has 0 saturated carbocycles. The van der Waals surface area contributed by atoms with Crippen LogP contribution >= 0.6 is 0 Å². The molecule has 1 heterocycles. The normalized spacial score (nSPS) is 12.1. The summed E-state index contributed by atoms with van der Waals surface area (Å²) < 4.78 is 19.0. The smallest absolute Gasteiger partial charge is 0.408 e. The van der Waals surface area contributed by atoms with Gasteiger partial charge in [0.25, 0.3) is 5.69 Å². The lowest BCUT2D eigenvalue weighted by molar-refractivity contribution is -0.384. The molecule has 1 unspecified atom stereocenters. The Morgan fingerprint density at radius 3 is 2.65 bits per heavy atom. The van der Waals surface area contributed by atoms with Crippen molar-refractivity contribution in [1.82, 2.24) is 9.88 Å². The molecule has 0 saturated heterocycles. The van der Waals surface area contributed by atoms with Crippen molar-refractivity contribution < 1.29 is 18.5 Å². The van der Waals surface area contributed by atoms with Crippen molar-refractivity contribution in [2.24, 2.45) is 0 Å². The van der Waals surface area contributed by atoms with Crippen molar-refractivity contribution in [2.45, 2.75) is 19.5 Å². The van der Waals surface area contributed by atoms with Gasteiger partial charge in [-0.1, -0.05) is 12.1 Å². The second kappa shape index (κ2) is 6.79. The number of nitro benzene ring substituents is 1. The van der Waals surface area contributed by atoms with Gasteiger partial charge in [-0.05, 0) is 30.7 Å². The molecule has 2 aromatic carbocycles. The number of nitrogens with zero attached hydrogens (tertiary/aromatic N) is 2. The minimum absolute atomic E-state index is 0.153. The third-order valence-electron chi connectivity index (χ3n) is 3.91. The lowest BCUT2D eigenvalue weighted by atomic mass is 10.1. The Labute approximate surface area is 146 Å². The van der Waals surface area contributed by atoms with Crippen LogP contribution in [-0.2, 0) is 11.3 Å². The maximum atomic E-state index is 13.0. The molecular weight excluding hydrogens is 345 g/mol. The second-order valence-electron chi connectivity index (χ2n) is 5.70. The van der Waals surface area contributed by atoms with Crippen LogP contribution in [0.3, 0.4) is 0 Å². The van der Waals surface area contributed by atoms with Crippen LogP contribution in [0.15, 0.2) is 51.7 Å². The Bertz CT molecular complexity index is 1040. The highest BCUT2D eigenvalue weighted by Gasteiger charge is 2.17. The number of benzene rings is 2. The largest absolute Gasteiger partial charge is 0.420 e. The van der Waals surface area contributed by atoms with E-state index < -0.39 is 22.6 Å². The summed E-state index contributed by atoms with van der Waals surface area (Å²) >= 11 is 0. The Morgan fingerprint density at radius 2 is 2.00 bits per heavy atom. The van der Waals surface area contributed by atoms with Crippen LogP contribution in [0.1, 0.15) is 18.5 Å². The van der Waals surface area contributed by atoms with Gasteiger partial charge in [-0.15, -0.1) is 0 Å². The standard InChI is InChI=1S/C17H14FN3O5/c1-10(11-2-4-12(18)5-3-11)19-16(22)9-20-14-8-13(21(24)25)6-7-15(14)26-17(20)23/h2-8,10H,9H2,1H3,(H,19,22). The fraction of sp³-hybridized carbons (Fsp3) is 0.176. The zero-order valence-corrected chi connectivity index (χ0v) is 13.6. The van der Waals surface area contributed by atoms with Gasteiger partial charge in [0.2, 0.25) is 5.91 Å². The third-order valence-corrected chi connectivity index (χ3v) is 3.91. The van der Waals surface area contributed by atoms with E-state index in [4.69, 9.17) is 4.42 Å². The number of hydrogen-bond donors (Lipinski definition) is 1. The monoisotopic (exact) mass is 359 g/mol. The average Bonchev–Trinajstić information content (AvgIpc) is 2.90. The van der Waals surface area contributed by atoms with E-state index >= 15 is 0 Å². The summed E-state index contributed by atoms with van der Waals surface area (Å²) in [6, 6.07) is 8.95. The van der Waals surface area contributed by atoms with Crippen LogP contribution in [0.5, 0.6) is 0 Å². The number of rotatable bonds is 5. The first-order valence-electron chi connectivity index (χ1n) is 7.68. The lowest BCUT2D eigenvalue weighted by Crippen LogP contribution is -2.32. The number of amides is 1. The van der Waals surface area contributed by atoms with Gasteiger partial charge in [-0.3, -0.25) is 19.5 Å². The summed E-state index contributed by atoms with van der Waals surface area (Å²) in [5, 5.41) is 13.6. The first-order valence-corrected chi connectivity index (χ1v) is 7.68. The van der Waals surface area contributed by atoms with Gasteiger partial charge in [0.1, 0.15) is 12.4 Å². The van der Waals surface area contributed by atoms with E-state index in [9.17, 15) is 24.1 Å². The molecule has 3 rings (SSSR count). The highest BCUT2D eigenvalue weighted by molar-refractivity contribution is 5.81. The molecule has 8 nitrogen and oxygen atoms in total. The maximum Gasteiger partial charge on any atom is 0.420 e. The molecule has 0 aliphatic rings. The van der Waals surface area contributed by atoms with E-state index in [1.807, 2.05) is 0 Å². The second-order valence-corrected chi connectivity index (χ2v) is 5.70. The summed E-state index contributed by atoms with van der Waals surface area (Å²) in [6.07, 6.45) is 0. The van der Waals surface area contributed by atoms with Gasteiger partial charge in [-0.25, -0.2) is 9.18 Å². The van der Waals surface area contributed by atoms with Crippen molar-refractivity contribution in [3.05, 3.63) is 74.5 Å². The van der Waals surface area contributed by atoms with Gasteiger partial charge < -0.3 is 9.73 Å². The predicted molar refractivity (Wildman–Crippen MR) is 90.1 cm³/mol. The van der Waals surface area contributed by atoms with Gasteiger partial charge >= 0.3 is 5.76 Å². The molecule has 1 aromatic heterocycles. The van der Waals surface area contributed by atoms with Crippen molar-refractivity contribution >= 4 is 22.7 Å². The first-order chi connectivity index (χ1) is 12.3. The Morgan fingerprint density at radius 1 is 1.31 bits per heavy atom. The van der Waals surface area contributed by atoms with Crippen molar-refractivity contribution in [3.63, 3.8) is 0 Å². The fourth-order valence-corrected chi connectivity index (χ4v) is 2.58. The van der Waals surface area contributed by atoms with E-state index in [-0.39, 0.29) is 29.1 Å². The number of nitrogens with one attached hydrogen (secondary N) is 1. The fourth-order valence-electron chi connectivity index (χ4n) is 2.58. The van der Waals surface area contributed by atoms with Crippen molar-refractivity contribution in [1.29, 1.82) is 0 Å². The number of oxazole rings is 1. The Balaban J connectivity index is 1.81. The molecule has 1 N–H and O–H groups in total. The molecule has 1 amide bonds. The maximum absolute atomic E-state index is 13.0. The summed E-state index contributed by atoms with van der Waals surface area (Å²) in [6.45, 7) is 1.35. The highest BCUT2D eigenvalue weighted by atomic mass is 19.1. The zero-order chi connectivity index (χ0) is 18.8. The molecule has 1 atom stereocenters. The molecule has 0 spiro atoms. The lowest BCUT2D eigenvalue weighted by Gasteiger charge is -2.14. The molecular formula is C17H14FN3O5. The zero-order valence-electron chi connectivity index (χ0n) is 13.6. The number of nitro groups is 1. The molecule has 0 radical (unpaired) electrons. The summed E-state index contributed by atoms with van der Waals surface area (Å²) in [5.74, 6) is -1.66. The highest BCUT2D eigenvalue weighted by Crippen LogP contribution is 2.20. The molecule has 26 heavy (non-hydrogen) atoms. The van der Waals surface area contributed by atoms with Gasteiger partial charge in [-0.2, -0.15) is 0 Å². The third kappa shape index (κ3) is 3.46. The van der Waals surface area contributed by atoms with Crippen LogP contribution in [0.25, 0.3) is 11.1 Å². The van der Waals surface area contributed by atoms with Crippen LogP contribution in [0.2, 0.25) is 0 Å². The summed E-state index contributed by atoms with van der Waals surface area (Å²) in [7, 11) is 0. The predicted octanol–water partition coefficient (Wildman–Crippen LogP) is 2.52. The minimum atomic E-state index is -0.787. The molecule has 134 valence electrons. The molecule has 0 aliphatic heterocycles. The molecule has 0 aliphatic carbocycles. The topological polar surface area (TPSA) is 107 Å². The van der Waals surface area contributed by atoms with Gasteiger partial charge in [0, 0.05) is 12.1 Å². The molecule has 3 aromatic rings. The number of halogens is 1. The number of non-ortho nitro benzene ring substituents is 1. The van der Waals surface area contributed by atoms with Crippen LogP contribution < -0.4 is 11.1 Å². The van der Waals surface area contributed by atoms with E-state index in [1.165, 1.54) is 30.3 Å². The quantitative estimate of drug-likeness (QED) is 0.556. The van der Waals surface area contributed by atoms with Gasteiger partial charge in [0.15, 0.2) is 5.58 Å². The number of hydrogen-bond acceptors (Lipinski definition) is 5. The number of carbonyl (C=O) groups excluding carboxylic acids is 1. The molecule has 0 bridgehead atoms. The number of fused-ring (bicyclic) bond motifs is 1. The average molecular weight is 359 g/mol. The van der Waals surface area contributed by atoms with E-state index in [1.54, 1.807) is 19.1 Å². The van der Waals surface area contributed by atoms with Gasteiger partial charge in [0.05, 0.1) is 16.5 Å². The van der Waals surface area contributed by atoms with Crippen LogP contribution in [0, 0.1) is 15.9 Å². The SMILES string of the molecule is CC(NC(=O)Cn1c(=O)oc2ccc([N+](=O)[O-])cc21)c1ccc(F)cc1. The van der Waals surface area contributed by atoms with Crippen LogP contribution in [-0.4, -0.2) is 15.4 Å². The molecule has 9 heteroatoms. The first kappa shape index (κ1) is 17.3. The minimum Gasteiger partial charge on any atom is -0.408 e. The van der Waals surface area contributed by atoms with Crippen molar-refractivity contribution in [2.75, 3.05) is 0 Å².